The van der Waals surface area contributed by atoms with Crippen molar-refractivity contribution < 1.29 is 32.7 Å². The van der Waals surface area contributed by atoms with Crippen LogP contribution in [-0.2, 0) is 20.9 Å². The second kappa shape index (κ2) is 10.8. The minimum Gasteiger partial charge on any atom is -0.461 e. The van der Waals surface area contributed by atoms with Crippen molar-refractivity contribution in [2.45, 2.75) is 26.4 Å². The quantitative estimate of drug-likeness (QED) is 0.293. The van der Waals surface area contributed by atoms with Gasteiger partial charge >= 0.3 is 17.7 Å². The molecule has 1 aromatic carbocycles. The molecule has 0 atom stereocenters. The predicted molar refractivity (Wildman–Crippen MR) is 113 cm³/mol. The zero-order valence-electron chi connectivity index (χ0n) is 17.3. The van der Waals surface area contributed by atoms with E-state index in [2.05, 4.69) is 10.6 Å². The number of carbonyl (C=O) groups is 3. The first kappa shape index (κ1) is 22.6. The van der Waals surface area contributed by atoms with Crippen LogP contribution in [0.1, 0.15) is 35.9 Å². The van der Waals surface area contributed by atoms with Gasteiger partial charge in [-0.15, -0.1) is 0 Å². The second-order valence-corrected chi connectivity index (χ2v) is 6.64. The molecule has 0 unspecified atom stereocenters. The fraction of sp³-hybridized carbons (Fsp3) is 0.273. The lowest BCUT2D eigenvalue weighted by molar-refractivity contribution is -0.145. The van der Waals surface area contributed by atoms with Gasteiger partial charge in [-0.05, 0) is 37.6 Å². The first-order chi connectivity index (χ1) is 15.5. The Morgan fingerprint density at radius 2 is 1.94 bits per heavy atom. The average molecular weight is 442 g/mol. The summed E-state index contributed by atoms with van der Waals surface area (Å²) in [7, 11) is 0. The smallest absolute Gasteiger partial charge is 0.411 e. The third kappa shape index (κ3) is 6.21. The Balaban J connectivity index is 1.53. The van der Waals surface area contributed by atoms with Gasteiger partial charge in [-0.3, -0.25) is 14.9 Å². The van der Waals surface area contributed by atoms with Crippen LogP contribution in [0.2, 0.25) is 0 Å². The maximum absolute atomic E-state index is 12.0. The molecule has 0 aliphatic carbocycles. The number of hydrogen-bond donors (Lipinski definition) is 2. The molecule has 0 aliphatic rings. The van der Waals surface area contributed by atoms with Gasteiger partial charge in [0.05, 0.1) is 12.9 Å². The number of nitrogens with one attached hydrogen (secondary N) is 2. The maximum atomic E-state index is 12.0. The van der Waals surface area contributed by atoms with Gasteiger partial charge in [-0.2, -0.15) is 0 Å². The molecular formula is C22H22N2O8. The van der Waals surface area contributed by atoms with Crippen molar-refractivity contribution in [3.8, 4) is 0 Å². The largest absolute Gasteiger partial charge is 0.461 e. The summed E-state index contributed by atoms with van der Waals surface area (Å²) in [5.74, 6) is -0.634. The lowest BCUT2D eigenvalue weighted by Crippen LogP contribution is -2.24. The summed E-state index contributed by atoms with van der Waals surface area (Å²) in [6, 6.07) is 9.15. The number of rotatable bonds is 9. The molecule has 0 saturated carbocycles. The number of benzene rings is 1. The number of carbonyl (C=O) groups excluding carboxylic acids is 3. The summed E-state index contributed by atoms with van der Waals surface area (Å²) >= 11 is 0. The molecule has 2 aromatic heterocycles. The van der Waals surface area contributed by atoms with Crippen molar-refractivity contribution in [3.05, 3.63) is 64.4 Å². The molecule has 0 radical (unpaired) electrons. The Kier molecular flexibility index (Phi) is 7.63. The molecule has 10 nitrogen and oxygen atoms in total. The molecule has 10 heteroatoms. The highest BCUT2D eigenvalue weighted by atomic mass is 16.5. The molecule has 0 spiro atoms. The average Bonchev–Trinajstić information content (AvgIpc) is 3.30. The molecule has 2 amide bonds. The highest BCUT2D eigenvalue weighted by molar-refractivity contribution is 5.91. The molecule has 3 aromatic rings. The van der Waals surface area contributed by atoms with Gasteiger partial charge in [0.15, 0.2) is 5.76 Å². The zero-order valence-corrected chi connectivity index (χ0v) is 17.3. The lowest BCUT2D eigenvalue weighted by atomic mass is 10.1. The van der Waals surface area contributed by atoms with Crippen molar-refractivity contribution in [3.63, 3.8) is 0 Å². The first-order valence-electron chi connectivity index (χ1n) is 9.94. The summed E-state index contributed by atoms with van der Waals surface area (Å²) in [6.07, 6.45) is 1.24. The van der Waals surface area contributed by atoms with Gasteiger partial charge in [0.1, 0.15) is 12.2 Å². The second-order valence-electron chi connectivity index (χ2n) is 6.64. The van der Waals surface area contributed by atoms with E-state index in [4.69, 9.17) is 18.3 Å². The van der Waals surface area contributed by atoms with E-state index in [-0.39, 0.29) is 43.4 Å². The van der Waals surface area contributed by atoms with Crippen LogP contribution < -0.4 is 16.3 Å². The van der Waals surface area contributed by atoms with Crippen LogP contribution in [0.4, 0.5) is 10.5 Å². The van der Waals surface area contributed by atoms with E-state index in [0.29, 0.717) is 23.1 Å². The van der Waals surface area contributed by atoms with Crippen LogP contribution in [0.15, 0.2) is 56.3 Å². The highest BCUT2D eigenvalue weighted by Crippen LogP contribution is 2.22. The number of ether oxygens (including phenoxy) is 2. The molecule has 32 heavy (non-hydrogen) atoms. The summed E-state index contributed by atoms with van der Waals surface area (Å²) in [5.41, 5.74) is 0.485. The summed E-state index contributed by atoms with van der Waals surface area (Å²) in [4.78, 5) is 47.2. The third-order valence-electron chi connectivity index (χ3n) is 4.33. The van der Waals surface area contributed by atoms with E-state index in [1.54, 1.807) is 31.2 Å². The number of anilines is 1. The summed E-state index contributed by atoms with van der Waals surface area (Å²) in [5, 5.41) is 5.73. The standard InChI is InChI=1S/C22H22N2O8/c1-2-29-22(28)24-15-7-8-16-14(11-20(26)32-18(16)12-15)13-31-19(25)6-3-9-23-21(27)17-5-4-10-30-17/h4-5,7-8,10-12H,2-3,6,9,13H2,1H3,(H,23,27)(H,24,28). The van der Waals surface area contributed by atoms with Crippen LogP contribution in [0.5, 0.6) is 0 Å². The fourth-order valence-corrected chi connectivity index (χ4v) is 2.87. The molecule has 0 bridgehead atoms. The van der Waals surface area contributed by atoms with Crippen molar-refractivity contribution >= 4 is 34.6 Å². The molecule has 3 rings (SSSR count). The molecule has 0 fully saturated rings. The number of amides is 2. The van der Waals surface area contributed by atoms with Crippen LogP contribution in [-0.4, -0.2) is 31.1 Å². The van der Waals surface area contributed by atoms with Gasteiger partial charge in [-0.25, -0.2) is 9.59 Å². The number of esters is 1. The Morgan fingerprint density at radius 1 is 1.09 bits per heavy atom. The minimum atomic E-state index is -0.625. The molecule has 2 heterocycles. The predicted octanol–water partition coefficient (Wildman–Crippen LogP) is 3.21. The van der Waals surface area contributed by atoms with Crippen molar-refractivity contribution in [1.82, 2.24) is 5.32 Å². The van der Waals surface area contributed by atoms with Gasteiger partial charge in [-0.1, -0.05) is 0 Å². The highest BCUT2D eigenvalue weighted by Gasteiger charge is 2.12. The Bertz CT molecular complexity index is 1150. The van der Waals surface area contributed by atoms with Crippen molar-refractivity contribution in [2.75, 3.05) is 18.5 Å². The van der Waals surface area contributed by atoms with E-state index in [0.717, 1.165) is 0 Å². The minimum absolute atomic E-state index is 0.0887. The molecule has 0 aliphatic heterocycles. The fourth-order valence-electron chi connectivity index (χ4n) is 2.87. The molecule has 168 valence electrons. The van der Waals surface area contributed by atoms with E-state index in [9.17, 15) is 19.2 Å². The SMILES string of the molecule is CCOC(=O)Nc1ccc2c(COC(=O)CCCNC(=O)c3ccco3)cc(=O)oc2c1. The number of hydrogen-bond acceptors (Lipinski definition) is 8. The monoisotopic (exact) mass is 442 g/mol. The van der Waals surface area contributed by atoms with Crippen molar-refractivity contribution in [1.29, 1.82) is 0 Å². The maximum Gasteiger partial charge on any atom is 0.411 e. The van der Waals surface area contributed by atoms with Gasteiger partial charge in [0.2, 0.25) is 0 Å². The van der Waals surface area contributed by atoms with Gasteiger partial charge in [0, 0.05) is 41.7 Å². The zero-order chi connectivity index (χ0) is 22.9. The van der Waals surface area contributed by atoms with E-state index in [1.807, 2.05) is 0 Å². The van der Waals surface area contributed by atoms with Crippen LogP contribution in [0.25, 0.3) is 11.0 Å². The third-order valence-corrected chi connectivity index (χ3v) is 4.33. The number of furan rings is 1. The molecule has 2 N–H and O–H groups in total. The van der Waals surface area contributed by atoms with Crippen LogP contribution >= 0.6 is 0 Å². The molecule has 0 saturated heterocycles. The van der Waals surface area contributed by atoms with Crippen molar-refractivity contribution in [2.24, 2.45) is 0 Å². The first-order valence-corrected chi connectivity index (χ1v) is 9.94. The summed E-state index contributed by atoms with van der Waals surface area (Å²) in [6.45, 7) is 2.07. The molecular weight excluding hydrogens is 420 g/mol. The number of fused-ring (bicyclic) bond motifs is 1. The Morgan fingerprint density at radius 3 is 2.69 bits per heavy atom. The van der Waals surface area contributed by atoms with Crippen LogP contribution in [0.3, 0.4) is 0 Å². The normalized spacial score (nSPS) is 10.5. The van der Waals surface area contributed by atoms with E-state index in [1.165, 1.54) is 18.4 Å². The lowest BCUT2D eigenvalue weighted by Gasteiger charge is -2.09. The van der Waals surface area contributed by atoms with Crippen LogP contribution in [0, 0.1) is 0 Å². The topological polar surface area (TPSA) is 137 Å². The Hall–Kier alpha value is -4.08. The Labute approximate surface area is 182 Å². The van der Waals surface area contributed by atoms with Gasteiger partial charge < -0.3 is 23.6 Å². The van der Waals surface area contributed by atoms with E-state index >= 15 is 0 Å². The van der Waals surface area contributed by atoms with E-state index < -0.39 is 17.7 Å². The van der Waals surface area contributed by atoms with Gasteiger partial charge in [0.25, 0.3) is 5.91 Å². The summed E-state index contributed by atoms with van der Waals surface area (Å²) < 4.78 is 20.2.